The van der Waals surface area contributed by atoms with Gasteiger partial charge in [-0.2, -0.15) is 0 Å². The molecule has 1 aliphatic rings. The highest BCUT2D eigenvalue weighted by Crippen LogP contribution is 2.42. The standard InChI is InChI=1S/C13H17NO5.ClH/c1-16-10-5-4-8(11(17-2)12(10)18-3)9-6-7-19-13(15)14-9;/h4-5,9H,6-7H2,1-3H3,(H,14,15);1H/t9-;/m0./s1. The lowest BCUT2D eigenvalue weighted by molar-refractivity contribution is 0.115. The Morgan fingerprint density at radius 2 is 1.85 bits per heavy atom. The number of amides is 1. The molecule has 1 amide bonds. The highest BCUT2D eigenvalue weighted by atomic mass is 35.5. The second-order valence-electron chi connectivity index (χ2n) is 4.05. The molecule has 0 saturated carbocycles. The Bertz CT molecular complexity index is 480. The summed E-state index contributed by atoms with van der Waals surface area (Å²) >= 11 is 0. The second-order valence-corrected chi connectivity index (χ2v) is 4.05. The van der Waals surface area contributed by atoms with Gasteiger partial charge in [-0.3, -0.25) is 0 Å². The average Bonchev–Trinajstić information content (AvgIpc) is 2.45. The third-order valence-corrected chi connectivity index (χ3v) is 3.04. The first-order chi connectivity index (χ1) is 9.21. The van der Waals surface area contributed by atoms with Gasteiger partial charge in [-0.15, -0.1) is 12.4 Å². The molecule has 1 aromatic carbocycles. The molecule has 2 rings (SSSR count). The van der Waals surface area contributed by atoms with Gasteiger partial charge in [0.05, 0.1) is 34.0 Å². The number of carbonyl (C=O) groups excluding carboxylic acids is 1. The van der Waals surface area contributed by atoms with Crippen LogP contribution in [0.15, 0.2) is 12.1 Å². The molecule has 112 valence electrons. The van der Waals surface area contributed by atoms with Crippen molar-refractivity contribution < 1.29 is 23.7 Å². The van der Waals surface area contributed by atoms with Gasteiger partial charge in [-0.25, -0.2) is 4.79 Å². The van der Waals surface area contributed by atoms with E-state index in [1.807, 2.05) is 6.07 Å². The Kier molecular flexibility index (Phi) is 5.76. The van der Waals surface area contributed by atoms with Crippen molar-refractivity contribution in [3.05, 3.63) is 17.7 Å². The van der Waals surface area contributed by atoms with E-state index in [4.69, 9.17) is 18.9 Å². The molecule has 0 aliphatic carbocycles. The number of ether oxygens (including phenoxy) is 4. The maximum absolute atomic E-state index is 11.3. The van der Waals surface area contributed by atoms with E-state index in [9.17, 15) is 4.79 Å². The fourth-order valence-corrected chi connectivity index (χ4v) is 2.16. The normalized spacial score (nSPS) is 17.4. The van der Waals surface area contributed by atoms with E-state index in [1.165, 1.54) is 0 Å². The minimum Gasteiger partial charge on any atom is -0.493 e. The van der Waals surface area contributed by atoms with Crippen LogP contribution in [0.2, 0.25) is 0 Å². The van der Waals surface area contributed by atoms with E-state index in [0.717, 1.165) is 5.56 Å². The summed E-state index contributed by atoms with van der Waals surface area (Å²) in [5.74, 6) is 1.67. The summed E-state index contributed by atoms with van der Waals surface area (Å²) in [6, 6.07) is 3.49. The molecule has 20 heavy (non-hydrogen) atoms. The van der Waals surface area contributed by atoms with Crippen molar-refractivity contribution in [3.63, 3.8) is 0 Å². The molecule has 1 heterocycles. The van der Waals surface area contributed by atoms with Gasteiger partial charge in [0.25, 0.3) is 0 Å². The fourth-order valence-electron chi connectivity index (χ4n) is 2.16. The lowest BCUT2D eigenvalue weighted by Crippen LogP contribution is -2.35. The molecule has 0 radical (unpaired) electrons. The Hall–Kier alpha value is -1.82. The molecule has 0 aromatic heterocycles. The minimum atomic E-state index is -0.423. The smallest absolute Gasteiger partial charge is 0.407 e. The van der Waals surface area contributed by atoms with E-state index in [0.29, 0.717) is 30.3 Å². The highest BCUT2D eigenvalue weighted by molar-refractivity contribution is 5.85. The van der Waals surface area contributed by atoms with E-state index in [1.54, 1.807) is 27.4 Å². The van der Waals surface area contributed by atoms with Crippen molar-refractivity contribution >= 4 is 18.5 Å². The Morgan fingerprint density at radius 1 is 1.15 bits per heavy atom. The molecule has 6 nitrogen and oxygen atoms in total. The predicted octanol–water partition coefficient (Wildman–Crippen LogP) is 2.31. The number of rotatable bonds is 4. The number of hydrogen-bond donors (Lipinski definition) is 1. The number of cyclic esters (lactones) is 1. The zero-order valence-corrected chi connectivity index (χ0v) is 12.4. The third-order valence-electron chi connectivity index (χ3n) is 3.04. The fraction of sp³-hybridized carbons (Fsp3) is 0.462. The summed E-state index contributed by atoms with van der Waals surface area (Å²) in [7, 11) is 4.67. The largest absolute Gasteiger partial charge is 0.493 e. The van der Waals surface area contributed by atoms with Gasteiger partial charge in [0.1, 0.15) is 0 Å². The molecule has 1 N–H and O–H groups in total. The zero-order valence-electron chi connectivity index (χ0n) is 11.6. The summed E-state index contributed by atoms with van der Waals surface area (Å²) in [5, 5.41) is 2.76. The van der Waals surface area contributed by atoms with E-state index in [-0.39, 0.29) is 18.4 Å². The molecule has 1 aliphatic heterocycles. The van der Waals surface area contributed by atoms with Crippen molar-refractivity contribution in [3.8, 4) is 17.2 Å². The van der Waals surface area contributed by atoms with Crippen LogP contribution in [0.25, 0.3) is 0 Å². The summed E-state index contributed by atoms with van der Waals surface area (Å²) in [5.41, 5.74) is 0.844. The summed E-state index contributed by atoms with van der Waals surface area (Å²) in [4.78, 5) is 11.3. The average molecular weight is 304 g/mol. The molecule has 1 fully saturated rings. The Labute approximate surface area is 123 Å². The molecule has 1 saturated heterocycles. The van der Waals surface area contributed by atoms with Crippen molar-refractivity contribution in [1.82, 2.24) is 5.32 Å². The van der Waals surface area contributed by atoms with Crippen LogP contribution in [0, 0.1) is 0 Å². The van der Waals surface area contributed by atoms with Crippen molar-refractivity contribution in [2.45, 2.75) is 12.5 Å². The van der Waals surface area contributed by atoms with E-state index >= 15 is 0 Å². The van der Waals surface area contributed by atoms with Gasteiger partial charge >= 0.3 is 6.09 Å². The van der Waals surface area contributed by atoms with Crippen LogP contribution < -0.4 is 19.5 Å². The number of methoxy groups -OCH3 is 3. The summed E-state index contributed by atoms with van der Waals surface area (Å²) in [6.45, 7) is 0.383. The lowest BCUT2D eigenvalue weighted by atomic mass is 10.0. The first-order valence-electron chi connectivity index (χ1n) is 5.93. The maximum atomic E-state index is 11.3. The SMILES string of the molecule is COc1ccc([C@@H]2CCOC(=O)N2)c(OC)c1OC.Cl. The number of halogens is 1. The van der Waals surface area contributed by atoms with Crippen LogP contribution in [0.4, 0.5) is 4.79 Å². The van der Waals surface area contributed by atoms with E-state index in [2.05, 4.69) is 5.32 Å². The van der Waals surface area contributed by atoms with Gasteiger partial charge in [0.15, 0.2) is 11.5 Å². The maximum Gasteiger partial charge on any atom is 0.407 e. The van der Waals surface area contributed by atoms with Crippen molar-refractivity contribution in [1.29, 1.82) is 0 Å². The lowest BCUT2D eigenvalue weighted by Gasteiger charge is -2.26. The van der Waals surface area contributed by atoms with Crippen LogP contribution in [0.3, 0.4) is 0 Å². The first-order valence-corrected chi connectivity index (χ1v) is 5.93. The van der Waals surface area contributed by atoms with Gasteiger partial charge < -0.3 is 24.3 Å². The summed E-state index contributed by atoms with van der Waals surface area (Å²) < 4.78 is 20.8. The van der Waals surface area contributed by atoms with Gasteiger partial charge in [-0.1, -0.05) is 0 Å². The molecule has 1 aromatic rings. The Morgan fingerprint density at radius 3 is 2.40 bits per heavy atom. The molecule has 1 atom stereocenters. The van der Waals surface area contributed by atoms with E-state index < -0.39 is 6.09 Å². The monoisotopic (exact) mass is 303 g/mol. The third kappa shape index (κ3) is 3.01. The van der Waals surface area contributed by atoms with Crippen molar-refractivity contribution in [2.24, 2.45) is 0 Å². The van der Waals surface area contributed by atoms with Crippen LogP contribution >= 0.6 is 12.4 Å². The van der Waals surface area contributed by atoms with Crippen LogP contribution in [-0.2, 0) is 4.74 Å². The number of nitrogens with one attached hydrogen (secondary N) is 1. The number of hydrogen-bond acceptors (Lipinski definition) is 5. The Balaban J connectivity index is 0.00000200. The highest BCUT2D eigenvalue weighted by Gasteiger charge is 2.26. The quantitative estimate of drug-likeness (QED) is 0.924. The van der Waals surface area contributed by atoms with Gasteiger partial charge in [0.2, 0.25) is 5.75 Å². The number of carbonyl (C=O) groups is 1. The molecule has 0 bridgehead atoms. The van der Waals surface area contributed by atoms with Crippen molar-refractivity contribution in [2.75, 3.05) is 27.9 Å². The predicted molar refractivity (Wildman–Crippen MR) is 75.2 cm³/mol. The number of alkyl carbamates (subject to hydrolysis) is 1. The molecule has 0 spiro atoms. The van der Waals surface area contributed by atoms with Crippen LogP contribution in [0.1, 0.15) is 18.0 Å². The molecule has 7 heteroatoms. The van der Waals surface area contributed by atoms with Crippen LogP contribution in [-0.4, -0.2) is 34.0 Å². The van der Waals surface area contributed by atoms with Crippen LogP contribution in [0.5, 0.6) is 17.2 Å². The number of benzene rings is 1. The minimum absolute atomic E-state index is 0. The molecular weight excluding hydrogens is 286 g/mol. The summed E-state index contributed by atoms with van der Waals surface area (Å²) in [6.07, 6.45) is 0.255. The van der Waals surface area contributed by atoms with Gasteiger partial charge in [0, 0.05) is 12.0 Å². The molecule has 0 unspecified atom stereocenters. The second kappa shape index (κ2) is 7.09. The van der Waals surface area contributed by atoms with Gasteiger partial charge in [-0.05, 0) is 12.1 Å². The molecular formula is C13H18ClNO5. The topological polar surface area (TPSA) is 66.0 Å². The first kappa shape index (κ1) is 16.2. The zero-order chi connectivity index (χ0) is 13.8.